The topological polar surface area (TPSA) is 67.4 Å². The highest BCUT2D eigenvalue weighted by atomic mass is 16.5. The lowest BCUT2D eigenvalue weighted by Crippen LogP contribution is -2.24. The summed E-state index contributed by atoms with van der Waals surface area (Å²) in [6.07, 6.45) is 1.97. The summed E-state index contributed by atoms with van der Waals surface area (Å²) < 4.78 is 5.13. The summed E-state index contributed by atoms with van der Waals surface area (Å²) in [5.41, 5.74) is 0.999. The summed E-state index contributed by atoms with van der Waals surface area (Å²) in [5, 5.41) is 5.47. The van der Waals surface area contributed by atoms with Crippen LogP contribution in [0.2, 0.25) is 0 Å². The highest BCUT2D eigenvalue weighted by Gasteiger charge is 2.10. The van der Waals surface area contributed by atoms with Crippen LogP contribution in [0.4, 0.5) is 5.69 Å². The Morgan fingerprint density at radius 1 is 1.32 bits per heavy atom. The number of anilines is 1. The van der Waals surface area contributed by atoms with Crippen molar-refractivity contribution < 1.29 is 14.3 Å². The van der Waals surface area contributed by atoms with E-state index in [1.54, 1.807) is 18.2 Å². The van der Waals surface area contributed by atoms with Crippen molar-refractivity contribution in [1.82, 2.24) is 5.32 Å². The first-order valence-corrected chi connectivity index (χ1v) is 6.32. The van der Waals surface area contributed by atoms with Crippen molar-refractivity contribution in [1.29, 1.82) is 0 Å². The van der Waals surface area contributed by atoms with E-state index in [9.17, 15) is 9.59 Å². The van der Waals surface area contributed by atoms with Gasteiger partial charge in [-0.3, -0.25) is 9.59 Å². The summed E-state index contributed by atoms with van der Waals surface area (Å²) in [7, 11) is 1.52. The van der Waals surface area contributed by atoms with Crippen LogP contribution in [0.15, 0.2) is 18.2 Å². The number of unbranched alkanes of at least 4 members (excludes halogenated alkanes) is 1. The van der Waals surface area contributed by atoms with Crippen LogP contribution in [-0.4, -0.2) is 25.5 Å². The van der Waals surface area contributed by atoms with E-state index in [0.29, 0.717) is 23.5 Å². The minimum Gasteiger partial charge on any atom is -0.495 e. The average molecular weight is 264 g/mol. The first-order chi connectivity index (χ1) is 9.08. The Morgan fingerprint density at radius 3 is 2.63 bits per heavy atom. The van der Waals surface area contributed by atoms with Crippen molar-refractivity contribution >= 4 is 17.5 Å². The lowest BCUT2D eigenvalue weighted by atomic mass is 10.1. The highest BCUT2D eigenvalue weighted by Crippen LogP contribution is 2.25. The number of ether oxygens (including phenoxy) is 1. The SMILES string of the molecule is CCCCNC(=O)c1ccc(OC)c(NC(C)=O)c1. The molecule has 19 heavy (non-hydrogen) atoms. The monoisotopic (exact) mass is 264 g/mol. The molecule has 0 saturated heterocycles. The fourth-order valence-electron chi connectivity index (χ4n) is 1.62. The summed E-state index contributed by atoms with van der Waals surface area (Å²) in [6.45, 7) is 4.12. The molecule has 5 nitrogen and oxygen atoms in total. The van der Waals surface area contributed by atoms with Crippen LogP contribution in [0, 0.1) is 0 Å². The van der Waals surface area contributed by atoms with Gasteiger partial charge in [0.2, 0.25) is 5.91 Å². The smallest absolute Gasteiger partial charge is 0.251 e. The van der Waals surface area contributed by atoms with Crippen molar-refractivity contribution in [2.24, 2.45) is 0 Å². The third kappa shape index (κ3) is 4.62. The lowest BCUT2D eigenvalue weighted by molar-refractivity contribution is -0.114. The second-order valence-electron chi connectivity index (χ2n) is 4.21. The number of rotatable bonds is 6. The fraction of sp³-hybridized carbons (Fsp3) is 0.429. The Labute approximate surface area is 113 Å². The van der Waals surface area contributed by atoms with Crippen molar-refractivity contribution in [2.75, 3.05) is 19.0 Å². The standard InChI is InChI=1S/C14H20N2O3/c1-4-5-8-15-14(18)11-6-7-13(19-3)12(9-11)16-10(2)17/h6-7,9H,4-5,8H2,1-3H3,(H,15,18)(H,16,17). The van der Waals surface area contributed by atoms with Gasteiger partial charge in [-0.2, -0.15) is 0 Å². The molecule has 0 aliphatic carbocycles. The Balaban J connectivity index is 2.84. The summed E-state index contributed by atoms with van der Waals surface area (Å²) >= 11 is 0. The van der Waals surface area contributed by atoms with Gasteiger partial charge in [0.25, 0.3) is 5.91 Å². The number of hydrogen-bond acceptors (Lipinski definition) is 3. The molecule has 0 atom stereocenters. The molecule has 0 heterocycles. The lowest BCUT2D eigenvalue weighted by Gasteiger charge is -2.11. The molecule has 1 aromatic rings. The third-order valence-corrected chi connectivity index (χ3v) is 2.59. The second kappa shape index (κ2) is 7.41. The van der Waals surface area contributed by atoms with Gasteiger partial charge in [-0.1, -0.05) is 13.3 Å². The predicted molar refractivity (Wildman–Crippen MR) is 74.5 cm³/mol. The molecule has 1 rings (SSSR count). The number of hydrogen-bond donors (Lipinski definition) is 2. The van der Waals surface area contributed by atoms with Crippen LogP contribution in [0.25, 0.3) is 0 Å². The minimum atomic E-state index is -0.207. The Kier molecular flexibility index (Phi) is 5.85. The zero-order valence-electron chi connectivity index (χ0n) is 11.6. The van der Waals surface area contributed by atoms with Gasteiger partial charge in [-0.05, 0) is 24.6 Å². The zero-order valence-corrected chi connectivity index (χ0v) is 11.6. The van der Waals surface area contributed by atoms with Gasteiger partial charge in [-0.15, -0.1) is 0 Å². The van der Waals surface area contributed by atoms with E-state index in [1.807, 2.05) is 0 Å². The van der Waals surface area contributed by atoms with Crippen molar-refractivity contribution in [3.63, 3.8) is 0 Å². The largest absolute Gasteiger partial charge is 0.495 e. The van der Waals surface area contributed by atoms with E-state index in [0.717, 1.165) is 12.8 Å². The molecule has 0 bridgehead atoms. The molecular formula is C14H20N2O3. The Bertz CT molecular complexity index is 458. The maximum Gasteiger partial charge on any atom is 0.251 e. The number of nitrogens with one attached hydrogen (secondary N) is 2. The normalized spacial score (nSPS) is 9.84. The molecule has 1 aromatic carbocycles. The van der Waals surface area contributed by atoms with Gasteiger partial charge in [-0.25, -0.2) is 0 Å². The molecule has 0 aliphatic rings. The first-order valence-electron chi connectivity index (χ1n) is 6.32. The highest BCUT2D eigenvalue weighted by molar-refractivity contribution is 5.97. The molecule has 5 heteroatoms. The van der Waals surface area contributed by atoms with E-state index in [2.05, 4.69) is 17.6 Å². The predicted octanol–water partition coefficient (Wildman–Crippen LogP) is 2.18. The van der Waals surface area contributed by atoms with Crippen LogP contribution in [0.1, 0.15) is 37.0 Å². The summed E-state index contributed by atoms with van der Waals surface area (Å²) in [5.74, 6) is 0.171. The van der Waals surface area contributed by atoms with Crippen LogP contribution >= 0.6 is 0 Å². The molecule has 0 unspecified atom stereocenters. The van der Waals surface area contributed by atoms with E-state index in [1.165, 1.54) is 14.0 Å². The van der Waals surface area contributed by atoms with Crippen molar-refractivity contribution in [2.45, 2.75) is 26.7 Å². The average Bonchev–Trinajstić information content (AvgIpc) is 2.38. The van der Waals surface area contributed by atoms with Gasteiger partial charge in [0.1, 0.15) is 5.75 Å². The fourth-order valence-corrected chi connectivity index (χ4v) is 1.62. The number of benzene rings is 1. The van der Waals surface area contributed by atoms with Gasteiger partial charge in [0, 0.05) is 19.0 Å². The van der Waals surface area contributed by atoms with Crippen LogP contribution < -0.4 is 15.4 Å². The molecule has 0 aromatic heterocycles. The molecular weight excluding hydrogens is 244 g/mol. The molecule has 0 saturated carbocycles. The molecule has 0 aliphatic heterocycles. The third-order valence-electron chi connectivity index (χ3n) is 2.59. The Morgan fingerprint density at radius 2 is 2.05 bits per heavy atom. The van der Waals surface area contributed by atoms with E-state index < -0.39 is 0 Å². The summed E-state index contributed by atoms with van der Waals surface area (Å²) in [6, 6.07) is 4.95. The maximum absolute atomic E-state index is 11.9. The molecule has 0 spiro atoms. The van der Waals surface area contributed by atoms with E-state index in [-0.39, 0.29) is 11.8 Å². The maximum atomic E-state index is 11.9. The number of methoxy groups -OCH3 is 1. The minimum absolute atomic E-state index is 0.150. The van der Waals surface area contributed by atoms with Crippen LogP contribution in [0.3, 0.4) is 0 Å². The molecule has 104 valence electrons. The molecule has 0 fully saturated rings. The number of carbonyl (C=O) groups is 2. The van der Waals surface area contributed by atoms with E-state index in [4.69, 9.17) is 4.74 Å². The van der Waals surface area contributed by atoms with Crippen molar-refractivity contribution in [3.8, 4) is 5.75 Å². The van der Waals surface area contributed by atoms with Gasteiger partial charge >= 0.3 is 0 Å². The van der Waals surface area contributed by atoms with Gasteiger partial charge < -0.3 is 15.4 Å². The number of carbonyl (C=O) groups excluding carboxylic acids is 2. The quantitative estimate of drug-likeness (QED) is 0.774. The summed E-state index contributed by atoms with van der Waals surface area (Å²) in [4.78, 5) is 23.0. The molecule has 2 amide bonds. The first kappa shape index (κ1) is 15.0. The zero-order chi connectivity index (χ0) is 14.3. The Hall–Kier alpha value is -2.04. The van der Waals surface area contributed by atoms with E-state index >= 15 is 0 Å². The number of amides is 2. The van der Waals surface area contributed by atoms with Crippen molar-refractivity contribution in [3.05, 3.63) is 23.8 Å². The second-order valence-corrected chi connectivity index (χ2v) is 4.21. The van der Waals surface area contributed by atoms with Crippen LogP contribution in [0.5, 0.6) is 5.75 Å². The van der Waals surface area contributed by atoms with Crippen LogP contribution in [-0.2, 0) is 4.79 Å². The molecule has 2 N–H and O–H groups in total. The van der Waals surface area contributed by atoms with Gasteiger partial charge in [0.05, 0.1) is 12.8 Å². The van der Waals surface area contributed by atoms with Gasteiger partial charge in [0.15, 0.2) is 0 Å². The molecule has 0 radical (unpaired) electrons.